The van der Waals surface area contributed by atoms with E-state index in [-0.39, 0.29) is 18.2 Å². The van der Waals surface area contributed by atoms with Crippen molar-refractivity contribution in [3.8, 4) is 11.5 Å². The van der Waals surface area contributed by atoms with E-state index in [9.17, 15) is 9.90 Å². The molecule has 1 saturated heterocycles. The fraction of sp³-hybridized carbons (Fsp3) is 0.0870. The molecule has 1 fully saturated rings. The number of thioether (sulfide) groups is 1. The number of carbonyl (C=O) groups is 1. The summed E-state index contributed by atoms with van der Waals surface area (Å²) in [5.41, 5.74) is 1.63. The van der Waals surface area contributed by atoms with E-state index in [4.69, 9.17) is 9.15 Å². The number of furan rings is 1. The molecule has 2 aromatic carbocycles. The Kier molecular flexibility index (Phi) is 6.18. The molecule has 1 aliphatic rings. The summed E-state index contributed by atoms with van der Waals surface area (Å²) in [5, 5.41) is 18.7. The summed E-state index contributed by atoms with van der Waals surface area (Å²) in [6.45, 7) is 0.245. The highest BCUT2D eigenvalue weighted by atomic mass is 32.2. The minimum absolute atomic E-state index is 0.0343. The van der Waals surface area contributed by atoms with Crippen molar-refractivity contribution in [2.75, 3.05) is 7.11 Å². The van der Waals surface area contributed by atoms with E-state index in [0.29, 0.717) is 21.6 Å². The van der Waals surface area contributed by atoms with Crippen molar-refractivity contribution in [2.24, 2.45) is 10.2 Å². The van der Waals surface area contributed by atoms with Gasteiger partial charge in [-0.1, -0.05) is 36.4 Å². The predicted molar refractivity (Wildman–Crippen MR) is 121 cm³/mol. The molecule has 0 bridgehead atoms. The third-order valence-electron chi connectivity index (χ3n) is 4.43. The number of carbonyl (C=O) groups excluding carboxylic acids is 1. The number of amidine groups is 1. The van der Waals surface area contributed by atoms with Crippen molar-refractivity contribution in [1.29, 1.82) is 0 Å². The van der Waals surface area contributed by atoms with Crippen LogP contribution in [0.4, 0.5) is 0 Å². The number of phenolic OH excluding ortho intramolecular Hbond substituents is 1. The Bertz CT molecular complexity index is 1150. The van der Waals surface area contributed by atoms with E-state index in [1.807, 2.05) is 30.3 Å². The molecule has 2 heterocycles. The lowest BCUT2D eigenvalue weighted by Gasteiger charge is -2.12. The predicted octanol–water partition coefficient (Wildman–Crippen LogP) is 4.50. The van der Waals surface area contributed by atoms with Crippen molar-refractivity contribution in [1.82, 2.24) is 4.90 Å². The minimum atomic E-state index is -0.206. The Morgan fingerprint density at radius 3 is 2.71 bits per heavy atom. The molecule has 156 valence electrons. The van der Waals surface area contributed by atoms with Gasteiger partial charge in [-0.15, -0.1) is 5.10 Å². The van der Waals surface area contributed by atoms with Crippen LogP contribution in [0.15, 0.2) is 86.5 Å². The summed E-state index contributed by atoms with van der Waals surface area (Å²) in [6, 6.07) is 18.1. The molecule has 3 aromatic rings. The van der Waals surface area contributed by atoms with Crippen LogP contribution in [-0.2, 0) is 11.3 Å². The van der Waals surface area contributed by atoms with Crippen LogP contribution in [0.25, 0.3) is 6.08 Å². The second-order valence-electron chi connectivity index (χ2n) is 6.55. The molecule has 1 aliphatic heterocycles. The molecule has 1 aromatic heterocycles. The monoisotopic (exact) mass is 433 g/mol. The largest absolute Gasteiger partial charge is 0.504 e. The van der Waals surface area contributed by atoms with Gasteiger partial charge < -0.3 is 14.3 Å². The van der Waals surface area contributed by atoms with E-state index >= 15 is 0 Å². The molecule has 4 rings (SSSR count). The Morgan fingerprint density at radius 1 is 1.13 bits per heavy atom. The van der Waals surface area contributed by atoms with Crippen LogP contribution < -0.4 is 4.74 Å². The van der Waals surface area contributed by atoms with Gasteiger partial charge in [-0.3, -0.25) is 9.69 Å². The smallest absolute Gasteiger partial charge is 0.267 e. The maximum Gasteiger partial charge on any atom is 0.267 e. The number of rotatable bonds is 6. The van der Waals surface area contributed by atoms with Crippen molar-refractivity contribution in [2.45, 2.75) is 6.54 Å². The highest BCUT2D eigenvalue weighted by molar-refractivity contribution is 8.18. The van der Waals surface area contributed by atoms with Gasteiger partial charge in [-0.2, -0.15) is 5.10 Å². The first-order valence-corrected chi connectivity index (χ1v) is 10.2. The molecule has 8 heteroatoms. The average molecular weight is 433 g/mol. The summed E-state index contributed by atoms with van der Waals surface area (Å²) in [5.74, 6) is 0.800. The Hall–Kier alpha value is -3.78. The number of nitrogens with zero attached hydrogens (tertiary/aromatic N) is 3. The molecule has 0 saturated carbocycles. The van der Waals surface area contributed by atoms with Gasteiger partial charge in [-0.25, -0.2) is 0 Å². The lowest BCUT2D eigenvalue weighted by Crippen LogP contribution is -2.28. The van der Waals surface area contributed by atoms with E-state index in [2.05, 4.69) is 10.2 Å². The number of phenols is 1. The Morgan fingerprint density at radius 2 is 1.97 bits per heavy atom. The van der Waals surface area contributed by atoms with Gasteiger partial charge in [0, 0.05) is 0 Å². The van der Waals surface area contributed by atoms with Crippen LogP contribution in [0, 0.1) is 0 Å². The maximum atomic E-state index is 13.1. The number of hydrogen-bond acceptors (Lipinski definition) is 7. The lowest BCUT2D eigenvalue weighted by molar-refractivity contribution is -0.122. The molecule has 31 heavy (non-hydrogen) atoms. The van der Waals surface area contributed by atoms with Crippen molar-refractivity contribution >= 4 is 35.1 Å². The van der Waals surface area contributed by atoms with E-state index in [0.717, 1.165) is 11.1 Å². The van der Waals surface area contributed by atoms with Gasteiger partial charge in [0.05, 0.1) is 31.0 Å². The van der Waals surface area contributed by atoms with Crippen LogP contribution in [0.5, 0.6) is 11.5 Å². The molecule has 7 nitrogen and oxygen atoms in total. The van der Waals surface area contributed by atoms with Gasteiger partial charge in [-0.05, 0) is 53.2 Å². The Labute approximate surface area is 183 Å². The summed E-state index contributed by atoms with van der Waals surface area (Å²) in [6.07, 6.45) is 4.93. The van der Waals surface area contributed by atoms with Gasteiger partial charge in [0.2, 0.25) is 0 Å². The molecule has 0 unspecified atom stereocenters. The topological polar surface area (TPSA) is 87.6 Å². The molecular weight excluding hydrogens is 414 g/mol. The SMILES string of the molecule is COc1cc(/C=C2\S/C(=N/N=C\c3ccccc3)N(Cc3ccco3)C2=O)ccc1O. The zero-order valence-electron chi connectivity index (χ0n) is 16.6. The van der Waals surface area contributed by atoms with Crippen LogP contribution in [-0.4, -0.2) is 34.4 Å². The summed E-state index contributed by atoms with van der Waals surface area (Å²) >= 11 is 1.23. The van der Waals surface area contributed by atoms with Gasteiger partial charge in [0.1, 0.15) is 5.76 Å². The first-order chi connectivity index (χ1) is 15.1. The van der Waals surface area contributed by atoms with E-state index in [1.54, 1.807) is 42.8 Å². The molecule has 0 aliphatic carbocycles. The van der Waals surface area contributed by atoms with Crippen LogP contribution in [0.2, 0.25) is 0 Å². The third kappa shape index (κ3) is 4.87. The third-order valence-corrected chi connectivity index (χ3v) is 5.43. The number of amides is 1. The molecule has 1 N–H and O–H groups in total. The van der Waals surface area contributed by atoms with Crippen LogP contribution in [0.3, 0.4) is 0 Å². The van der Waals surface area contributed by atoms with Gasteiger partial charge >= 0.3 is 0 Å². The highest BCUT2D eigenvalue weighted by Gasteiger charge is 2.34. The summed E-state index contributed by atoms with van der Waals surface area (Å²) in [7, 11) is 1.47. The number of ether oxygens (including phenoxy) is 1. The first-order valence-electron chi connectivity index (χ1n) is 9.41. The van der Waals surface area contributed by atoms with Crippen molar-refractivity contribution in [3.05, 3.63) is 88.7 Å². The van der Waals surface area contributed by atoms with Crippen molar-refractivity contribution < 1.29 is 19.1 Å². The fourth-order valence-electron chi connectivity index (χ4n) is 2.90. The normalized spacial score (nSPS) is 16.7. The molecular formula is C23H19N3O4S. The molecule has 0 atom stereocenters. The van der Waals surface area contributed by atoms with Gasteiger partial charge in [0.15, 0.2) is 16.7 Å². The quantitative estimate of drug-likeness (QED) is 0.351. The van der Waals surface area contributed by atoms with Gasteiger partial charge in [0.25, 0.3) is 5.91 Å². The standard InChI is InChI=1S/C23H19N3O4S/c1-29-20-12-17(9-10-19(20)27)13-21-22(28)26(15-18-8-5-11-30-18)23(31-21)25-24-14-16-6-3-2-4-7-16/h2-14,27H,15H2,1H3/b21-13-,24-14-,25-23+. The number of methoxy groups -OCH3 is 1. The first kappa shape index (κ1) is 20.5. The number of hydrogen-bond donors (Lipinski definition) is 1. The van der Waals surface area contributed by atoms with Crippen LogP contribution >= 0.6 is 11.8 Å². The second-order valence-corrected chi connectivity index (χ2v) is 7.56. The summed E-state index contributed by atoms with van der Waals surface area (Å²) < 4.78 is 10.6. The Balaban J connectivity index is 1.63. The van der Waals surface area contributed by atoms with Crippen molar-refractivity contribution in [3.63, 3.8) is 0 Å². The van der Waals surface area contributed by atoms with E-state index < -0.39 is 0 Å². The zero-order chi connectivity index (χ0) is 21.6. The fourth-order valence-corrected chi connectivity index (χ4v) is 3.83. The highest BCUT2D eigenvalue weighted by Crippen LogP contribution is 2.35. The molecule has 0 spiro atoms. The van der Waals surface area contributed by atoms with Crippen LogP contribution in [0.1, 0.15) is 16.9 Å². The average Bonchev–Trinajstić information content (AvgIpc) is 3.40. The van der Waals surface area contributed by atoms with E-state index in [1.165, 1.54) is 29.8 Å². The lowest BCUT2D eigenvalue weighted by atomic mass is 10.2. The minimum Gasteiger partial charge on any atom is -0.504 e. The second kappa shape index (κ2) is 9.36. The number of aromatic hydroxyl groups is 1. The molecule has 1 amide bonds. The maximum absolute atomic E-state index is 13.1. The molecule has 0 radical (unpaired) electrons. The summed E-state index contributed by atoms with van der Waals surface area (Å²) in [4.78, 5) is 15.1. The zero-order valence-corrected chi connectivity index (χ0v) is 17.5. The number of benzene rings is 2.